The second-order valence-electron chi connectivity index (χ2n) is 3.95. The molecule has 0 saturated carbocycles. The molecule has 1 N–H and O–H groups in total. The van der Waals surface area contributed by atoms with Gasteiger partial charge in [0, 0.05) is 17.4 Å². The monoisotopic (exact) mass is 246 g/mol. The summed E-state index contributed by atoms with van der Waals surface area (Å²) < 4.78 is 13.2. The molecular weight excluding hydrogens is 235 g/mol. The Labute approximate surface area is 103 Å². The number of nitrogens with zero attached hydrogens (tertiary/aromatic N) is 1. The molecule has 2 aromatic carbocycles. The van der Waals surface area contributed by atoms with Gasteiger partial charge in [-0.2, -0.15) is 0 Å². The molecule has 0 radical (unpaired) electrons. The van der Waals surface area contributed by atoms with E-state index in [0.717, 1.165) is 17.3 Å². The predicted octanol–water partition coefficient (Wildman–Crippen LogP) is 3.79. The van der Waals surface area contributed by atoms with E-state index in [-0.39, 0.29) is 5.69 Å². The smallest absolute Gasteiger partial charge is 0.274 e. The fraction of sp³-hybridized carbons (Fsp3) is 0.0769. The van der Waals surface area contributed by atoms with Gasteiger partial charge in [0.1, 0.15) is 5.82 Å². The number of halogens is 1. The van der Waals surface area contributed by atoms with Gasteiger partial charge in [0.05, 0.1) is 11.0 Å². The van der Waals surface area contributed by atoms with E-state index in [2.05, 4.69) is 5.32 Å². The Kier molecular flexibility index (Phi) is 3.23. The molecule has 4 nitrogen and oxygen atoms in total. The van der Waals surface area contributed by atoms with Gasteiger partial charge < -0.3 is 5.32 Å². The highest BCUT2D eigenvalue weighted by Crippen LogP contribution is 2.23. The van der Waals surface area contributed by atoms with Crippen molar-refractivity contribution in [2.24, 2.45) is 0 Å². The topological polar surface area (TPSA) is 55.2 Å². The number of benzene rings is 2. The highest BCUT2D eigenvalue weighted by Gasteiger charge is 2.09. The van der Waals surface area contributed by atoms with Crippen molar-refractivity contribution in [1.29, 1.82) is 0 Å². The van der Waals surface area contributed by atoms with Crippen molar-refractivity contribution in [3.8, 4) is 0 Å². The molecule has 0 amide bonds. The first-order chi connectivity index (χ1) is 8.54. The molecule has 0 aliphatic carbocycles. The molecule has 0 aliphatic rings. The standard InChI is InChI=1S/C13H11FN2O2/c1-9-3-2-4-11(5-9)15-12-6-10(14)7-13(8-12)16(17)18/h2-8,15H,1H3. The summed E-state index contributed by atoms with van der Waals surface area (Å²) in [5, 5.41) is 13.6. The van der Waals surface area contributed by atoms with E-state index in [4.69, 9.17) is 0 Å². The second-order valence-corrected chi connectivity index (χ2v) is 3.95. The lowest BCUT2D eigenvalue weighted by atomic mass is 10.2. The number of rotatable bonds is 3. The van der Waals surface area contributed by atoms with E-state index in [1.165, 1.54) is 12.1 Å². The summed E-state index contributed by atoms with van der Waals surface area (Å²) in [7, 11) is 0. The van der Waals surface area contributed by atoms with E-state index in [0.29, 0.717) is 5.69 Å². The summed E-state index contributed by atoms with van der Waals surface area (Å²) in [5.74, 6) is -0.639. The lowest BCUT2D eigenvalue weighted by molar-refractivity contribution is -0.385. The first-order valence-electron chi connectivity index (χ1n) is 5.33. The van der Waals surface area contributed by atoms with Crippen LogP contribution < -0.4 is 5.32 Å². The SMILES string of the molecule is Cc1cccc(Nc2cc(F)cc([N+](=O)[O-])c2)c1. The van der Waals surface area contributed by atoms with Crippen LogP contribution in [0.2, 0.25) is 0 Å². The number of nitrogens with one attached hydrogen (secondary N) is 1. The fourth-order valence-corrected chi connectivity index (χ4v) is 1.64. The van der Waals surface area contributed by atoms with Crippen molar-refractivity contribution in [1.82, 2.24) is 0 Å². The third-order valence-corrected chi connectivity index (χ3v) is 2.40. The summed E-state index contributed by atoms with van der Waals surface area (Å²) in [5.41, 5.74) is 1.89. The minimum absolute atomic E-state index is 0.273. The summed E-state index contributed by atoms with van der Waals surface area (Å²) >= 11 is 0. The molecule has 0 heterocycles. The van der Waals surface area contributed by atoms with Crippen LogP contribution in [0.5, 0.6) is 0 Å². The van der Waals surface area contributed by atoms with Gasteiger partial charge in [-0.1, -0.05) is 12.1 Å². The van der Waals surface area contributed by atoms with Crippen molar-refractivity contribution in [3.05, 3.63) is 64.0 Å². The average Bonchev–Trinajstić information content (AvgIpc) is 2.28. The number of hydrogen-bond donors (Lipinski definition) is 1. The maximum atomic E-state index is 13.2. The zero-order valence-electron chi connectivity index (χ0n) is 9.68. The molecule has 2 rings (SSSR count). The Balaban J connectivity index is 2.31. The van der Waals surface area contributed by atoms with Gasteiger partial charge in [-0.3, -0.25) is 10.1 Å². The molecule has 0 aliphatic heterocycles. The molecule has 2 aromatic rings. The average molecular weight is 246 g/mol. The molecule has 0 saturated heterocycles. The Bertz CT molecular complexity index is 599. The largest absolute Gasteiger partial charge is 0.355 e. The van der Waals surface area contributed by atoms with Crippen molar-refractivity contribution >= 4 is 17.1 Å². The normalized spacial score (nSPS) is 10.1. The Hall–Kier alpha value is -2.43. The van der Waals surface area contributed by atoms with Gasteiger partial charge in [-0.15, -0.1) is 0 Å². The predicted molar refractivity (Wildman–Crippen MR) is 67.5 cm³/mol. The van der Waals surface area contributed by atoms with Crippen LogP contribution >= 0.6 is 0 Å². The van der Waals surface area contributed by atoms with Gasteiger partial charge >= 0.3 is 0 Å². The molecule has 0 atom stereocenters. The summed E-state index contributed by atoms with van der Waals surface area (Å²) in [4.78, 5) is 10.0. The number of nitro benzene ring substituents is 1. The second kappa shape index (κ2) is 4.83. The van der Waals surface area contributed by atoms with Crippen molar-refractivity contribution < 1.29 is 9.31 Å². The van der Waals surface area contributed by atoms with Crippen molar-refractivity contribution in [3.63, 3.8) is 0 Å². The summed E-state index contributed by atoms with van der Waals surface area (Å²) in [6.45, 7) is 1.93. The first kappa shape index (κ1) is 12.0. The van der Waals surface area contributed by atoms with Crippen molar-refractivity contribution in [2.45, 2.75) is 6.92 Å². The van der Waals surface area contributed by atoms with Crippen LogP contribution in [0.25, 0.3) is 0 Å². The highest BCUT2D eigenvalue weighted by molar-refractivity contribution is 5.62. The minimum atomic E-state index is -0.639. The number of anilines is 2. The van der Waals surface area contributed by atoms with Crippen LogP contribution in [-0.2, 0) is 0 Å². The molecule has 0 bridgehead atoms. The molecule has 18 heavy (non-hydrogen) atoms. The summed E-state index contributed by atoms with van der Waals surface area (Å²) in [6, 6.07) is 10.9. The lowest BCUT2D eigenvalue weighted by Gasteiger charge is -2.07. The van der Waals surface area contributed by atoms with Gasteiger partial charge in [-0.25, -0.2) is 4.39 Å². The zero-order valence-corrected chi connectivity index (χ0v) is 9.68. The number of aryl methyl sites for hydroxylation is 1. The maximum absolute atomic E-state index is 13.2. The Morgan fingerprint density at radius 1 is 1.17 bits per heavy atom. The lowest BCUT2D eigenvalue weighted by Crippen LogP contribution is -1.95. The van der Waals surface area contributed by atoms with E-state index in [1.807, 2.05) is 31.2 Å². The quantitative estimate of drug-likeness (QED) is 0.662. The molecule has 0 unspecified atom stereocenters. The van der Waals surface area contributed by atoms with Crippen LogP contribution in [0.1, 0.15) is 5.56 Å². The third-order valence-electron chi connectivity index (χ3n) is 2.40. The van der Waals surface area contributed by atoms with Gasteiger partial charge in [0.15, 0.2) is 0 Å². The Morgan fingerprint density at radius 3 is 2.61 bits per heavy atom. The van der Waals surface area contributed by atoms with E-state index < -0.39 is 10.7 Å². The Morgan fingerprint density at radius 2 is 1.94 bits per heavy atom. The molecular formula is C13H11FN2O2. The van der Waals surface area contributed by atoms with E-state index in [9.17, 15) is 14.5 Å². The van der Waals surface area contributed by atoms with Crippen LogP contribution in [0.3, 0.4) is 0 Å². The fourth-order valence-electron chi connectivity index (χ4n) is 1.64. The highest BCUT2D eigenvalue weighted by atomic mass is 19.1. The maximum Gasteiger partial charge on any atom is 0.274 e. The number of hydrogen-bond acceptors (Lipinski definition) is 3. The van der Waals surface area contributed by atoms with E-state index >= 15 is 0 Å². The van der Waals surface area contributed by atoms with Crippen molar-refractivity contribution in [2.75, 3.05) is 5.32 Å². The first-order valence-corrected chi connectivity index (χ1v) is 5.33. The van der Waals surface area contributed by atoms with Gasteiger partial charge in [0.25, 0.3) is 5.69 Å². The van der Waals surface area contributed by atoms with Crippen LogP contribution in [-0.4, -0.2) is 4.92 Å². The van der Waals surface area contributed by atoms with Crippen LogP contribution in [0.15, 0.2) is 42.5 Å². The zero-order chi connectivity index (χ0) is 13.1. The molecule has 0 fully saturated rings. The molecule has 5 heteroatoms. The van der Waals surface area contributed by atoms with Crippen LogP contribution in [0.4, 0.5) is 21.5 Å². The third kappa shape index (κ3) is 2.82. The number of nitro groups is 1. The minimum Gasteiger partial charge on any atom is -0.355 e. The van der Waals surface area contributed by atoms with Gasteiger partial charge in [0.2, 0.25) is 0 Å². The number of non-ortho nitro benzene ring substituents is 1. The van der Waals surface area contributed by atoms with Crippen LogP contribution in [0, 0.1) is 22.9 Å². The van der Waals surface area contributed by atoms with Gasteiger partial charge in [-0.05, 0) is 30.7 Å². The molecule has 0 spiro atoms. The molecule has 92 valence electrons. The summed E-state index contributed by atoms with van der Waals surface area (Å²) in [6.07, 6.45) is 0. The van der Waals surface area contributed by atoms with E-state index in [1.54, 1.807) is 0 Å². The molecule has 0 aromatic heterocycles.